The van der Waals surface area contributed by atoms with Crippen molar-refractivity contribution in [3.8, 4) is 17.6 Å². The van der Waals surface area contributed by atoms with Gasteiger partial charge in [-0.15, -0.1) is 11.3 Å². The van der Waals surface area contributed by atoms with Gasteiger partial charge in [0.1, 0.15) is 22.0 Å². The lowest BCUT2D eigenvalue weighted by atomic mass is 9.84. The molecule has 32 heavy (non-hydrogen) atoms. The molecule has 0 saturated heterocycles. The minimum Gasteiger partial charge on any atom is -0.508 e. The van der Waals surface area contributed by atoms with Crippen LogP contribution in [0.4, 0.5) is 0 Å². The van der Waals surface area contributed by atoms with Gasteiger partial charge in [-0.1, -0.05) is 24.3 Å². The molecule has 0 saturated carbocycles. The molecule has 0 radical (unpaired) electrons. The number of nitrogens with two attached hydrogens (primary N) is 1. The van der Waals surface area contributed by atoms with Crippen molar-refractivity contribution in [3.05, 3.63) is 84.8 Å². The third-order valence-corrected chi connectivity index (χ3v) is 6.20. The Morgan fingerprint density at radius 1 is 1.16 bits per heavy atom. The smallest absolute Gasteiger partial charge is 0.337 e. The second-order valence-corrected chi connectivity index (χ2v) is 8.02. The highest BCUT2D eigenvalue weighted by molar-refractivity contribution is 7.07. The fraction of sp³-hybridized carbons (Fsp3) is 0.0870. The number of esters is 1. The highest BCUT2D eigenvalue weighted by Gasteiger charge is 2.36. The van der Waals surface area contributed by atoms with Crippen molar-refractivity contribution in [1.29, 1.82) is 5.26 Å². The molecule has 9 heteroatoms. The number of rotatable bonds is 3. The Kier molecular flexibility index (Phi) is 5.30. The predicted molar refractivity (Wildman–Crippen MR) is 119 cm³/mol. The Morgan fingerprint density at radius 3 is 2.31 bits per heavy atom. The van der Waals surface area contributed by atoms with Crippen LogP contribution in [0.2, 0.25) is 0 Å². The van der Waals surface area contributed by atoms with Gasteiger partial charge in [-0.2, -0.15) is 5.26 Å². The van der Waals surface area contributed by atoms with Crippen molar-refractivity contribution >= 4 is 34.8 Å². The summed E-state index contributed by atoms with van der Waals surface area (Å²) in [6.07, 6.45) is 1.61. The summed E-state index contributed by atoms with van der Waals surface area (Å²) in [5, 5.41) is 29.0. The molecule has 3 aromatic rings. The van der Waals surface area contributed by atoms with Crippen molar-refractivity contribution in [2.45, 2.75) is 5.92 Å². The van der Waals surface area contributed by atoms with Crippen LogP contribution in [0.15, 0.2) is 58.9 Å². The largest absolute Gasteiger partial charge is 0.508 e. The lowest BCUT2D eigenvalue weighted by Crippen LogP contribution is -2.40. The predicted octanol–water partition coefficient (Wildman–Crippen LogP) is 0.922. The molecule has 1 unspecified atom stereocenters. The van der Waals surface area contributed by atoms with Gasteiger partial charge in [0.25, 0.3) is 5.56 Å². The number of hydrogen-bond donors (Lipinski definition) is 3. The number of phenols is 2. The first-order valence-electron chi connectivity index (χ1n) is 9.40. The maximum Gasteiger partial charge on any atom is 0.337 e. The average molecular weight is 447 g/mol. The molecule has 1 atom stereocenters. The van der Waals surface area contributed by atoms with Gasteiger partial charge < -0.3 is 20.7 Å². The Bertz CT molecular complexity index is 1470. The van der Waals surface area contributed by atoms with Crippen LogP contribution in [0.1, 0.15) is 17.0 Å². The number of carbonyl (C=O) groups is 1. The van der Waals surface area contributed by atoms with Gasteiger partial charge in [-0.25, -0.2) is 4.79 Å². The summed E-state index contributed by atoms with van der Waals surface area (Å²) < 4.78 is 6.69. The van der Waals surface area contributed by atoms with E-state index in [1.54, 1.807) is 30.3 Å². The molecule has 2 heterocycles. The fourth-order valence-electron chi connectivity index (χ4n) is 3.58. The van der Waals surface area contributed by atoms with Gasteiger partial charge >= 0.3 is 5.97 Å². The third-order valence-electron chi connectivity index (χ3n) is 5.09. The second kappa shape index (κ2) is 8.09. The average Bonchev–Trinajstić information content (AvgIpc) is 3.11. The fourth-order valence-corrected chi connectivity index (χ4v) is 4.74. The van der Waals surface area contributed by atoms with Crippen molar-refractivity contribution in [2.75, 3.05) is 7.11 Å². The Balaban J connectivity index is 2.08. The highest BCUT2D eigenvalue weighted by atomic mass is 32.1. The SMILES string of the molecule is COC(=O)C1=c2s/c(=C\c3ccc(O)cc3)c(=O)n2C(N)=C(C#N)C1c1ccc(O)cc1. The molecule has 1 aromatic heterocycles. The molecule has 0 bridgehead atoms. The maximum atomic E-state index is 13.2. The summed E-state index contributed by atoms with van der Waals surface area (Å²) in [6, 6.07) is 14.3. The molecule has 1 aliphatic heterocycles. The maximum absolute atomic E-state index is 13.2. The summed E-state index contributed by atoms with van der Waals surface area (Å²) >= 11 is 1.05. The Hall–Kier alpha value is -4.29. The molecular weight excluding hydrogens is 430 g/mol. The summed E-state index contributed by atoms with van der Waals surface area (Å²) in [6.45, 7) is 0. The van der Waals surface area contributed by atoms with E-state index >= 15 is 0 Å². The van der Waals surface area contributed by atoms with Crippen LogP contribution < -0.4 is 20.5 Å². The van der Waals surface area contributed by atoms with Gasteiger partial charge in [-0.3, -0.25) is 9.36 Å². The summed E-state index contributed by atoms with van der Waals surface area (Å²) in [5.74, 6) is -1.52. The number of hydrogen-bond acceptors (Lipinski definition) is 8. The number of nitriles is 1. The number of allylic oxidation sites excluding steroid dienone is 1. The van der Waals surface area contributed by atoms with Crippen LogP contribution >= 0.6 is 11.3 Å². The van der Waals surface area contributed by atoms with Gasteiger partial charge in [0.2, 0.25) is 0 Å². The van der Waals surface area contributed by atoms with E-state index in [1.165, 1.54) is 31.4 Å². The van der Waals surface area contributed by atoms with Crippen molar-refractivity contribution < 1.29 is 19.7 Å². The normalized spacial score (nSPS) is 15.9. The number of carbonyl (C=O) groups excluding carboxylic acids is 1. The van der Waals surface area contributed by atoms with E-state index in [4.69, 9.17) is 10.5 Å². The Labute approximate surface area is 185 Å². The minimum absolute atomic E-state index is 0.0263. The van der Waals surface area contributed by atoms with Gasteiger partial charge in [0, 0.05) is 0 Å². The second-order valence-electron chi connectivity index (χ2n) is 6.99. The zero-order valence-electron chi connectivity index (χ0n) is 16.8. The molecule has 2 aromatic carbocycles. The van der Waals surface area contributed by atoms with E-state index in [0.717, 1.165) is 15.9 Å². The van der Waals surface area contributed by atoms with Crippen LogP contribution in [-0.4, -0.2) is 27.9 Å². The van der Waals surface area contributed by atoms with E-state index in [-0.39, 0.29) is 33.1 Å². The van der Waals surface area contributed by atoms with Crippen molar-refractivity contribution in [3.63, 3.8) is 0 Å². The highest BCUT2D eigenvalue weighted by Crippen LogP contribution is 2.37. The van der Waals surface area contributed by atoms with Crippen LogP contribution in [0.25, 0.3) is 17.5 Å². The van der Waals surface area contributed by atoms with Crippen LogP contribution in [0.5, 0.6) is 11.5 Å². The lowest BCUT2D eigenvalue weighted by molar-refractivity contribution is -0.134. The summed E-state index contributed by atoms with van der Waals surface area (Å²) in [7, 11) is 1.22. The molecule has 0 aliphatic carbocycles. The zero-order chi connectivity index (χ0) is 23.0. The van der Waals surface area contributed by atoms with E-state index in [0.29, 0.717) is 15.7 Å². The number of phenolic OH excluding ortho intramolecular Hbond substituents is 2. The van der Waals surface area contributed by atoms with Crippen molar-refractivity contribution in [2.24, 2.45) is 5.73 Å². The summed E-state index contributed by atoms with van der Waals surface area (Å²) in [4.78, 5) is 26.0. The third kappa shape index (κ3) is 3.42. The van der Waals surface area contributed by atoms with E-state index in [9.17, 15) is 25.1 Å². The number of ether oxygens (including phenoxy) is 1. The minimum atomic E-state index is -0.868. The van der Waals surface area contributed by atoms with Gasteiger partial charge in [0.05, 0.1) is 34.8 Å². The van der Waals surface area contributed by atoms with E-state index in [1.807, 2.05) is 6.07 Å². The van der Waals surface area contributed by atoms with Gasteiger partial charge in [0.15, 0.2) is 0 Å². The molecule has 4 N–H and O–H groups in total. The molecule has 0 fully saturated rings. The number of methoxy groups -OCH3 is 1. The first kappa shape index (κ1) is 21.0. The molecule has 0 spiro atoms. The van der Waals surface area contributed by atoms with E-state index in [2.05, 4.69) is 0 Å². The topological polar surface area (TPSA) is 139 Å². The molecule has 4 rings (SSSR count). The standard InChI is InChI=1S/C23H17N3O5S/c1-31-23(30)19-18(13-4-8-15(28)9-5-13)16(11-24)20(25)26-21(29)17(32-22(19)26)10-12-2-6-14(27)7-3-12/h2-10,18,27-28H,25H2,1H3/b17-10-. The lowest BCUT2D eigenvalue weighted by Gasteiger charge is -2.24. The number of fused-ring (bicyclic) bond motifs is 1. The molecule has 1 aliphatic rings. The summed E-state index contributed by atoms with van der Waals surface area (Å²) in [5.41, 5.74) is 7.12. The number of benzene rings is 2. The van der Waals surface area contributed by atoms with Gasteiger partial charge in [-0.05, 0) is 41.5 Å². The Morgan fingerprint density at radius 2 is 1.75 bits per heavy atom. The molecule has 8 nitrogen and oxygen atoms in total. The zero-order valence-corrected chi connectivity index (χ0v) is 17.6. The van der Waals surface area contributed by atoms with E-state index < -0.39 is 17.4 Å². The molecular formula is C23H17N3O5S. The number of thiazole rings is 1. The van der Waals surface area contributed by atoms with Crippen LogP contribution in [-0.2, 0) is 9.53 Å². The first-order valence-corrected chi connectivity index (χ1v) is 10.2. The molecule has 160 valence electrons. The number of aromatic hydroxyl groups is 2. The molecule has 0 amide bonds. The number of aromatic nitrogens is 1. The monoisotopic (exact) mass is 447 g/mol. The quantitative estimate of drug-likeness (QED) is 0.508. The van der Waals surface area contributed by atoms with Crippen molar-refractivity contribution in [1.82, 2.24) is 4.57 Å². The van der Waals surface area contributed by atoms with Crippen LogP contribution in [0, 0.1) is 11.3 Å². The number of nitrogens with zero attached hydrogens (tertiary/aromatic N) is 2. The van der Waals surface area contributed by atoms with Crippen LogP contribution in [0.3, 0.4) is 0 Å². The first-order chi connectivity index (χ1) is 15.3.